The third-order valence-electron chi connectivity index (χ3n) is 3.20. The van der Waals surface area contributed by atoms with E-state index < -0.39 is 38.2 Å². The van der Waals surface area contributed by atoms with Crippen LogP contribution in [0.1, 0.15) is 6.42 Å². The van der Waals surface area contributed by atoms with Crippen LogP contribution in [-0.2, 0) is 14.8 Å². The van der Waals surface area contributed by atoms with Crippen LogP contribution in [0.3, 0.4) is 0 Å². The minimum Gasteiger partial charge on any atom is -0.505 e. The predicted molar refractivity (Wildman–Crippen MR) is 78.2 cm³/mol. The number of halogens is 1. The molecule has 1 amide bonds. The number of hydrogen-bond donors (Lipinski definition) is 2. The highest BCUT2D eigenvalue weighted by Crippen LogP contribution is 2.39. The van der Waals surface area contributed by atoms with E-state index in [2.05, 4.69) is 0 Å². The molecule has 11 heteroatoms. The number of phenolic OH excluding ortho intramolecular Hbond substituents is 1. The van der Waals surface area contributed by atoms with Crippen LogP contribution in [0.15, 0.2) is 12.1 Å². The molecule has 0 aliphatic carbocycles. The Morgan fingerprint density at radius 3 is 2.68 bits per heavy atom. The summed E-state index contributed by atoms with van der Waals surface area (Å²) in [6.45, 7) is 0.0248. The lowest BCUT2D eigenvalue weighted by Crippen LogP contribution is -2.27. The summed E-state index contributed by atoms with van der Waals surface area (Å²) in [6, 6.07) is 1.95. The Morgan fingerprint density at radius 1 is 1.50 bits per heavy atom. The van der Waals surface area contributed by atoms with E-state index in [1.54, 1.807) is 0 Å². The second kappa shape index (κ2) is 5.71. The average molecular weight is 350 g/mol. The number of anilines is 1. The number of amides is 1. The molecular weight excluding hydrogens is 338 g/mol. The summed E-state index contributed by atoms with van der Waals surface area (Å²) >= 11 is 5.76. The van der Waals surface area contributed by atoms with Crippen molar-refractivity contribution >= 4 is 38.9 Å². The minimum atomic E-state index is -3.73. The molecule has 0 spiro atoms. The number of nitro benzene ring substituents is 1. The van der Waals surface area contributed by atoms with Gasteiger partial charge in [-0.2, -0.15) is 0 Å². The molecule has 1 fully saturated rings. The maximum atomic E-state index is 12.0. The molecule has 9 nitrogen and oxygen atoms in total. The van der Waals surface area contributed by atoms with Crippen molar-refractivity contribution in [2.24, 2.45) is 11.1 Å². The van der Waals surface area contributed by atoms with Gasteiger partial charge in [0.2, 0.25) is 15.9 Å². The maximum absolute atomic E-state index is 12.0. The number of nitrogens with two attached hydrogens (primary N) is 1. The number of nitrogens with zero attached hydrogens (tertiary/aromatic N) is 2. The molecule has 1 aliphatic rings. The summed E-state index contributed by atoms with van der Waals surface area (Å²) in [7, 11) is -3.73. The number of benzene rings is 1. The van der Waals surface area contributed by atoms with Crippen LogP contribution in [0.5, 0.6) is 5.75 Å². The molecule has 1 atom stereocenters. The van der Waals surface area contributed by atoms with Crippen molar-refractivity contribution in [3.63, 3.8) is 0 Å². The highest BCUT2D eigenvalue weighted by Gasteiger charge is 2.34. The lowest BCUT2D eigenvalue weighted by atomic mass is 10.1. The molecule has 22 heavy (non-hydrogen) atoms. The number of hydrogen-bond acceptors (Lipinski definition) is 6. The second-order valence-corrected chi connectivity index (χ2v) is 7.02. The Labute approximate surface area is 130 Å². The van der Waals surface area contributed by atoms with Crippen LogP contribution in [0, 0.1) is 16.0 Å². The summed E-state index contributed by atoms with van der Waals surface area (Å²) in [5.74, 6) is -1.79. The first-order valence-corrected chi connectivity index (χ1v) is 8.15. The van der Waals surface area contributed by atoms with Crippen LogP contribution < -0.4 is 10.0 Å². The van der Waals surface area contributed by atoms with E-state index in [-0.39, 0.29) is 29.4 Å². The first-order valence-electron chi connectivity index (χ1n) is 6.06. The molecule has 1 heterocycles. The van der Waals surface area contributed by atoms with E-state index in [9.17, 15) is 28.4 Å². The highest BCUT2D eigenvalue weighted by molar-refractivity contribution is 7.89. The van der Waals surface area contributed by atoms with Gasteiger partial charge in [0.05, 0.1) is 22.4 Å². The molecular formula is C11H12ClN3O6S. The molecule has 1 aromatic carbocycles. The number of nitro groups is 1. The van der Waals surface area contributed by atoms with E-state index >= 15 is 0 Å². The SMILES string of the molecule is NS(=O)(=O)CC1CC(=O)N(c2cc(Cl)c([N+](=O)[O-])cc2O)C1. The Morgan fingerprint density at radius 2 is 2.14 bits per heavy atom. The van der Waals surface area contributed by atoms with Crippen molar-refractivity contribution in [1.29, 1.82) is 0 Å². The number of sulfonamides is 1. The van der Waals surface area contributed by atoms with E-state index in [0.29, 0.717) is 0 Å². The third kappa shape index (κ3) is 3.46. The largest absolute Gasteiger partial charge is 0.505 e. The molecule has 1 aliphatic heterocycles. The van der Waals surface area contributed by atoms with Crippen LogP contribution >= 0.6 is 11.6 Å². The average Bonchev–Trinajstić information content (AvgIpc) is 2.69. The highest BCUT2D eigenvalue weighted by atomic mass is 35.5. The first-order chi connectivity index (χ1) is 10.1. The number of phenols is 1. The first kappa shape index (κ1) is 16.5. The van der Waals surface area contributed by atoms with Crippen molar-refractivity contribution in [2.45, 2.75) is 6.42 Å². The van der Waals surface area contributed by atoms with Gasteiger partial charge in [-0.1, -0.05) is 11.6 Å². The Hall–Kier alpha value is -1.91. The molecule has 1 saturated heterocycles. The van der Waals surface area contributed by atoms with Crippen molar-refractivity contribution in [1.82, 2.24) is 0 Å². The summed E-state index contributed by atoms with van der Waals surface area (Å²) in [4.78, 5) is 23.1. The second-order valence-electron chi connectivity index (χ2n) is 4.95. The number of carbonyl (C=O) groups is 1. The quantitative estimate of drug-likeness (QED) is 0.601. The van der Waals surface area contributed by atoms with Gasteiger partial charge in [-0.05, 0) is 6.07 Å². The lowest BCUT2D eigenvalue weighted by molar-refractivity contribution is -0.384. The predicted octanol–water partition coefficient (Wildman–Crippen LogP) is 0.595. The van der Waals surface area contributed by atoms with Gasteiger partial charge in [0, 0.05) is 18.9 Å². The summed E-state index contributed by atoms with van der Waals surface area (Å²) in [6.07, 6.45) is -0.0511. The van der Waals surface area contributed by atoms with Gasteiger partial charge in [0.25, 0.3) is 5.69 Å². The van der Waals surface area contributed by atoms with Crippen molar-refractivity contribution in [3.05, 3.63) is 27.3 Å². The van der Waals surface area contributed by atoms with E-state index in [0.717, 1.165) is 17.0 Å². The van der Waals surface area contributed by atoms with Crippen LogP contribution in [0.2, 0.25) is 5.02 Å². The molecule has 2 rings (SSSR count). The zero-order valence-corrected chi connectivity index (χ0v) is 12.7. The molecule has 0 aromatic heterocycles. The number of primary sulfonamides is 1. The number of rotatable bonds is 4. The fourth-order valence-corrected chi connectivity index (χ4v) is 3.46. The summed E-state index contributed by atoms with van der Waals surface area (Å²) < 4.78 is 22.2. The summed E-state index contributed by atoms with van der Waals surface area (Å²) in [5, 5.41) is 25.3. The number of carbonyl (C=O) groups excluding carboxylic acids is 1. The Kier molecular flexibility index (Phi) is 4.27. The molecule has 120 valence electrons. The third-order valence-corrected chi connectivity index (χ3v) is 4.44. The monoisotopic (exact) mass is 349 g/mol. The Bertz CT molecular complexity index is 750. The van der Waals surface area contributed by atoms with Gasteiger partial charge in [-0.3, -0.25) is 14.9 Å². The van der Waals surface area contributed by atoms with E-state index in [4.69, 9.17) is 16.7 Å². The lowest BCUT2D eigenvalue weighted by Gasteiger charge is -2.18. The van der Waals surface area contributed by atoms with Crippen LogP contribution in [0.25, 0.3) is 0 Å². The topological polar surface area (TPSA) is 144 Å². The molecule has 0 radical (unpaired) electrons. The molecule has 3 N–H and O–H groups in total. The van der Waals surface area contributed by atoms with Gasteiger partial charge in [-0.15, -0.1) is 0 Å². The van der Waals surface area contributed by atoms with Crippen molar-refractivity contribution in [3.8, 4) is 5.75 Å². The van der Waals surface area contributed by atoms with Gasteiger partial charge in [0.1, 0.15) is 10.8 Å². The molecule has 0 saturated carbocycles. The van der Waals surface area contributed by atoms with Gasteiger partial charge < -0.3 is 10.0 Å². The zero-order valence-electron chi connectivity index (χ0n) is 11.1. The number of aromatic hydroxyl groups is 1. The Balaban J connectivity index is 2.31. The van der Waals surface area contributed by atoms with Gasteiger partial charge in [0.15, 0.2) is 0 Å². The van der Waals surface area contributed by atoms with E-state index in [1.807, 2.05) is 0 Å². The smallest absolute Gasteiger partial charge is 0.291 e. The minimum absolute atomic E-state index is 0.00230. The zero-order chi connectivity index (χ0) is 16.7. The van der Waals surface area contributed by atoms with Crippen molar-refractivity contribution in [2.75, 3.05) is 17.2 Å². The molecule has 1 unspecified atom stereocenters. The maximum Gasteiger partial charge on any atom is 0.291 e. The normalized spacial score (nSPS) is 18.7. The van der Waals surface area contributed by atoms with Gasteiger partial charge >= 0.3 is 0 Å². The fraction of sp³-hybridized carbons (Fsp3) is 0.364. The van der Waals surface area contributed by atoms with Crippen LogP contribution in [0.4, 0.5) is 11.4 Å². The van der Waals surface area contributed by atoms with Gasteiger partial charge in [-0.25, -0.2) is 13.6 Å². The molecule has 0 bridgehead atoms. The van der Waals surface area contributed by atoms with E-state index in [1.165, 1.54) is 0 Å². The van der Waals surface area contributed by atoms with Crippen LogP contribution in [-0.4, -0.2) is 36.7 Å². The van der Waals surface area contributed by atoms with Crippen molar-refractivity contribution < 1.29 is 23.2 Å². The fourth-order valence-electron chi connectivity index (χ4n) is 2.35. The molecule has 1 aromatic rings. The summed E-state index contributed by atoms with van der Waals surface area (Å²) in [5.41, 5.74) is -0.492. The standard InChI is InChI=1S/C11H12ClN3O6S/c12-7-2-9(10(16)3-8(7)15(18)19)14-4-6(1-11(14)17)5-22(13,20)21/h2-3,6,16H,1,4-5H2,(H2,13,20,21).